The maximum absolute atomic E-state index is 12.9. The van der Waals surface area contributed by atoms with Gasteiger partial charge in [0.05, 0.1) is 29.8 Å². The van der Waals surface area contributed by atoms with Crippen molar-refractivity contribution in [2.24, 2.45) is 0 Å². The van der Waals surface area contributed by atoms with Crippen molar-refractivity contribution in [2.75, 3.05) is 39.5 Å². The van der Waals surface area contributed by atoms with E-state index in [4.69, 9.17) is 21.1 Å². The lowest BCUT2D eigenvalue weighted by Crippen LogP contribution is -2.40. The van der Waals surface area contributed by atoms with Crippen LogP contribution in [0, 0.1) is 0 Å². The van der Waals surface area contributed by atoms with Crippen LogP contribution in [-0.2, 0) is 4.74 Å². The van der Waals surface area contributed by atoms with E-state index in [-0.39, 0.29) is 17.9 Å². The summed E-state index contributed by atoms with van der Waals surface area (Å²) in [4.78, 5) is 29.1. The molecule has 0 N–H and O–H groups in total. The monoisotopic (exact) mass is 428 g/mol. The van der Waals surface area contributed by atoms with Gasteiger partial charge in [-0.3, -0.25) is 9.59 Å². The second kappa shape index (κ2) is 9.49. The van der Waals surface area contributed by atoms with Crippen LogP contribution < -0.4 is 4.74 Å². The molecule has 158 valence electrons. The summed E-state index contributed by atoms with van der Waals surface area (Å²) in [6.45, 7) is 3.51. The van der Waals surface area contributed by atoms with Crippen molar-refractivity contribution in [3.63, 3.8) is 0 Å². The SMILES string of the molecule is O=C(c1ccc(OCC2CCCN2C(=O)c2ccccc2Cl)cc1)N1CCOCC1. The minimum Gasteiger partial charge on any atom is -0.491 e. The molecule has 2 heterocycles. The highest BCUT2D eigenvalue weighted by Gasteiger charge is 2.30. The second-order valence-corrected chi connectivity index (χ2v) is 7.92. The minimum absolute atomic E-state index is 0.00318. The number of ether oxygens (including phenoxy) is 2. The molecule has 2 aromatic rings. The molecule has 6 nitrogen and oxygen atoms in total. The molecule has 2 aliphatic heterocycles. The quantitative estimate of drug-likeness (QED) is 0.731. The Kier molecular flexibility index (Phi) is 6.55. The third kappa shape index (κ3) is 4.60. The van der Waals surface area contributed by atoms with Gasteiger partial charge in [-0.05, 0) is 49.2 Å². The molecule has 4 rings (SSSR count). The van der Waals surface area contributed by atoms with Crippen LogP contribution in [-0.4, -0.2) is 67.1 Å². The molecule has 2 amide bonds. The Morgan fingerprint density at radius 2 is 1.73 bits per heavy atom. The van der Waals surface area contributed by atoms with Crippen molar-refractivity contribution in [1.29, 1.82) is 0 Å². The van der Waals surface area contributed by atoms with Gasteiger partial charge in [-0.15, -0.1) is 0 Å². The standard InChI is InChI=1S/C23H25ClN2O4/c24-21-6-2-1-5-20(21)23(28)26-11-3-4-18(26)16-30-19-9-7-17(8-10-19)22(27)25-12-14-29-15-13-25/h1-2,5-10,18H,3-4,11-16H2. The van der Waals surface area contributed by atoms with Crippen molar-refractivity contribution in [3.8, 4) is 5.75 Å². The summed E-state index contributed by atoms with van der Waals surface area (Å²) in [5, 5.41) is 0.467. The first-order valence-corrected chi connectivity index (χ1v) is 10.7. The molecule has 7 heteroatoms. The zero-order chi connectivity index (χ0) is 20.9. The Balaban J connectivity index is 1.35. The van der Waals surface area contributed by atoms with Gasteiger partial charge in [-0.1, -0.05) is 23.7 Å². The van der Waals surface area contributed by atoms with E-state index < -0.39 is 0 Å². The highest BCUT2D eigenvalue weighted by atomic mass is 35.5. The van der Waals surface area contributed by atoms with E-state index in [1.165, 1.54) is 0 Å². The number of rotatable bonds is 5. The summed E-state index contributed by atoms with van der Waals surface area (Å²) in [5.74, 6) is 0.640. The molecular weight excluding hydrogens is 404 g/mol. The lowest BCUT2D eigenvalue weighted by molar-refractivity contribution is 0.0303. The highest BCUT2D eigenvalue weighted by molar-refractivity contribution is 6.33. The van der Waals surface area contributed by atoms with Gasteiger partial charge >= 0.3 is 0 Å². The molecule has 0 aliphatic carbocycles. The first-order chi connectivity index (χ1) is 14.6. The van der Waals surface area contributed by atoms with Crippen LogP contribution in [0.2, 0.25) is 5.02 Å². The Labute approximate surface area is 181 Å². The first kappa shape index (κ1) is 20.7. The van der Waals surface area contributed by atoms with Crippen molar-refractivity contribution < 1.29 is 19.1 Å². The van der Waals surface area contributed by atoms with E-state index in [0.29, 0.717) is 61.4 Å². The maximum atomic E-state index is 12.9. The van der Waals surface area contributed by atoms with E-state index >= 15 is 0 Å². The van der Waals surface area contributed by atoms with Crippen molar-refractivity contribution in [3.05, 3.63) is 64.7 Å². The average Bonchev–Trinajstić information content (AvgIpc) is 3.27. The number of likely N-dealkylation sites (tertiary alicyclic amines) is 1. The van der Waals surface area contributed by atoms with E-state index in [1.54, 1.807) is 29.2 Å². The Morgan fingerprint density at radius 1 is 1.00 bits per heavy atom. The predicted molar refractivity (Wildman–Crippen MR) is 114 cm³/mol. The van der Waals surface area contributed by atoms with Crippen molar-refractivity contribution in [2.45, 2.75) is 18.9 Å². The van der Waals surface area contributed by atoms with E-state index in [0.717, 1.165) is 12.8 Å². The molecular formula is C23H25ClN2O4. The van der Waals surface area contributed by atoms with Crippen LogP contribution >= 0.6 is 11.6 Å². The molecule has 2 aliphatic rings. The van der Waals surface area contributed by atoms with Gasteiger partial charge in [-0.2, -0.15) is 0 Å². The molecule has 30 heavy (non-hydrogen) atoms. The number of benzene rings is 2. The second-order valence-electron chi connectivity index (χ2n) is 7.51. The van der Waals surface area contributed by atoms with Crippen LogP contribution in [0.1, 0.15) is 33.6 Å². The van der Waals surface area contributed by atoms with Crippen LogP contribution in [0.15, 0.2) is 48.5 Å². The lowest BCUT2D eigenvalue weighted by atomic mass is 10.1. The number of halogens is 1. The Morgan fingerprint density at radius 3 is 2.47 bits per heavy atom. The fourth-order valence-corrected chi connectivity index (χ4v) is 4.12. The topological polar surface area (TPSA) is 59.1 Å². The van der Waals surface area contributed by atoms with E-state index in [9.17, 15) is 9.59 Å². The molecule has 0 bridgehead atoms. The van der Waals surface area contributed by atoms with Gasteiger partial charge in [0.1, 0.15) is 12.4 Å². The number of carbonyl (C=O) groups excluding carboxylic acids is 2. The number of hydrogen-bond acceptors (Lipinski definition) is 4. The number of carbonyl (C=O) groups is 2. The van der Waals surface area contributed by atoms with Gasteiger partial charge in [0, 0.05) is 25.2 Å². The summed E-state index contributed by atoms with van der Waals surface area (Å²) < 4.78 is 11.2. The van der Waals surface area contributed by atoms with Crippen LogP contribution in [0.4, 0.5) is 0 Å². The summed E-state index contributed by atoms with van der Waals surface area (Å²) in [6.07, 6.45) is 1.83. The number of hydrogen-bond donors (Lipinski definition) is 0. The summed E-state index contributed by atoms with van der Waals surface area (Å²) in [7, 11) is 0. The third-order valence-corrected chi connectivity index (χ3v) is 5.91. The predicted octanol–water partition coefficient (Wildman–Crippen LogP) is 3.50. The highest BCUT2D eigenvalue weighted by Crippen LogP contribution is 2.25. The molecule has 2 saturated heterocycles. The van der Waals surface area contributed by atoms with E-state index in [1.807, 2.05) is 29.2 Å². The molecule has 0 spiro atoms. The first-order valence-electron chi connectivity index (χ1n) is 10.3. The molecule has 1 unspecified atom stereocenters. The van der Waals surface area contributed by atoms with Crippen molar-refractivity contribution in [1.82, 2.24) is 9.80 Å². The Hall–Kier alpha value is -2.57. The van der Waals surface area contributed by atoms with Gasteiger partial charge in [0.2, 0.25) is 0 Å². The molecule has 2 fully saturated rings. The number of nitrogens with zero attached hydrogens (tertiary/aromatic N) is 2. The summed E-state index contributed by atoms with van der Waals surface area (Å²) >= 11 is 6.20. The average molecular weight is 429 g/mol. The maximum Gasteiger partial charge on any atom is 0.255 e. The van der Waals surface area contributed by atoms with Gasteiger partial charge < -0.3 is 19.3 Å². The smallest absolute Gasteiger partial charge is 0.255 e. The molecule has 0 saturated carbocycles. The largest absolute Gasteiger partial charge is 0.491 e. The Bertz CT molecular complexity index is 896. The zero-order valence-electron chi connectivity index (χ0n) is 16.8. The lowest BCUT2D eigenvalue weighted by Gasteiger charge is -2.27. The fraction of sp³-hybridized carbons (Fsp3) is 0.391. The fourth-order valence-electron chi connectivity index (χ4n) is 3.90. The minimum atomic E-state index is -0.0573. The van der Waals surface area contributed by atoms with Gasteiger partial charge in [-0.25, -0.2) is 0 Å². The molecule has 0 radical (unpaired) electrons. The molecule has 2 aromatic carbocycles. The van der Waals surface area contributed by atoms with Gasteiger partial charge in [0.15, 0.2) is 0 Å². The molecule has 1 atom stereocenters. The van der Waals surface area contributed by atoms with E-state index in [2.05, 4.69) is 0 Å². The number of amides is 2. The summed E-state index contributed by atoms with van der Waals surface area (Å²) in [5.41, 5.74) is 1.16. The zero-order valence-corrected chi connectivity index (χ0v) is 17.5. The van der Waals surface area contributed by atoms with Crippen LogP contribution in [0.25, 0.3) is 0 Å². The molecule has 0 aromatic heterocycles. The normalized spacial score (nSPS) is 19.0. The summed E-state index contributed by atoms with van der Waals surface area (Å²) in [6, 6.07) is 14.3. The van der Waals surface area contributed by atoms with Crippen LogP contribution in [0.3, 0.4) is 0 Å². The third-order valence-electron chi connectivity index (χ3n) is 5.58. The van der Waals surface area contributed by atoms with Gasteiger partial charge in [0.25, 0.3) is 11.8 Å². The van der Waals surface area contributed by atoms with Crippen molar-refractivity contribution >= 4 is 23.4 Å². The number of morpholine rings is 1. The van der Waals surface area contributed by atoms with Crippen LogP contribution in [0.5, 0.6) is 5.75 Å².